The van der Waals surface area contributed by atoms with Gasteiger partial charge in [-0.15, -0.1) is 11.3 Å². The van der Waals surface area contributed by atoms with Gasteiger partial charge in [-0.3, -0.25) is 19.1 Å². The Morgan fingerprint density at radius 3 is 2.73 bits per heavy atom. The van der Waals surface area contributed by atoms with E-state index in [9.17, 15) is 14.4 Å². The standard InChI is InChI=1S/C27H24ClN3O5S/c1-14-10-19(25-24(29-14)21(13-37-25)27(34)35-3)18-11-16(28)4-7-23(18)36-9-8-31-15(2)30-22-6-5-17(32)12-20(22)26(31)33/h4,7,10-11,13H,5-6,8-9,12H2,1-3H3. The van der Waals surface area contributed by atoms with Crippen LogP contribution in [0.4, 0.5) is 0 Å². The van der Waals surface area contributed by atoms with E-state index in [0.29, 0.717) is 46.1 Å². The third-order valence-corrected chi connectivity index (χ3v) is 7.65. The number of benzene rings is 1. The lowest BCUT2D eigenvalue weighted by Crippen LogP contribution is -2.34. The van der Waals surface area contributed by atoms with Gasteiger partial charge in [-0.05, 0) is 44.5 Å². The minimum absolute atomic E-state index is 0.0618. The molecule has 0 unspecified atom stereocenters. The number of hydrogen-bond acceptors (Lipinski definition) is 8. The topological polar surface area (TPSA) is 100 Å². The van der Waals surface area contributed by atoms with Crippen LogP contribution in [0.25, 0.3) is 21.3 Å². The summed E-state index contributed by atoms with van der Waals surface area (Å²) in [6, 6.07) is 7.26. The van der Waals surface area contributed by atoms with Gasteiger partial charge >= 0.3 is 5.97 Å². The van der Waals surface area contributed by atoms with Crippen LogP contribution in [0.2, 0.25) is 5.02 Å². The maximum Gasteiger partial charge on any atom is 0.340 e. The molecule has 0 bridgehead atoms. The number of aromatic nitrogens is 3. The number of rotatable bonds is 6. The number of nitrogens with zero attached hydrogens (tertiary/aromatic N) is 3. The number of ketones is 1. The molecule has 0 radical (unpaired) electrons. The summed E-state index contributed by atoms with van der Waals surface area (Å²) in [6.07, 6.45) is 1.07. The molecule has 0 spiro atoms. The number of aryl methyl sites for hydroxylation is 3. The first-order valence-corrected chi connectivity index (χ1v) is 13.0. The van der Waals surface area contributed by atoms with E-state index in [0.717, 1.165) is 27.2 Å². The Balaban J connectivity index is 1.47. The van der Waals surface area contributed by atoms with Gasteiger partial charge in [-0.1, -0.05) is 11.6 Å². The molecule has 0 N–H and O–H groups in total. The number of esters is 1. The van der Waals surface area contributed by atoms with Crippen molar-refractivity contribution in [2.45, 2.75) is 39.7 Å². The van der Waals surface area contributed by atoms with Crippen molar-refractivity contribution >= 4 is 44.9 Å². The first kappa shape index (κ1) is 25.1. The lowest BCUT2D eigenvalue weighted by atomic mass is 9.96. The van der Waals surface area contributed by atoms with Crippen LogP contribution in [0.15, 0.2) is 34.4 Å². The molecule has 37 heavy (non-hydrogen) atoms. The maximum atomic E-state index is 13.1. The number of carbonyl (C=O) groups is 2. The number of halogens is 1. The SMILES string of the molecule is COC(=O)c1csc2c(-c3cc(Cl)ccc3OCCn3c(C)nc4c(c3=O)CC(=O)CC4)cc(C)nc12. The molecule has 0 saturated carbocycles. The second-order valence-electron chi connectivity index (χ2n) is 8.88. The van der Waals surface area contributed by atoms with Crippen LogP contribution in [0.3, 0.4) is 0 Å². The lowest BCUT2D eigenvalue weighted by Gasteiger charge is -2.18. The predicted molar refractivity (Wildman–Crippen MR) is 142 cm³/mol. The maximum absolute atomic E-state index is 13.1. The summed E-state index contributed by atoms with van der Waals surface area (Å²) in [7, 11) is 1.34. The highest BCUT2D eigenvalue weighted by Crippen LogP contribution is 2.40. The molecular formula is C27H24ClN3O5S. The smallest absolute Gasteiger partial charge is 0.340 e. The summed E-state index contributed by atoms with van der Waals surface area (Å²) in [5.41, 5.74) is 4.31. The highest BCUT2D eigenvalue weighted by atomic mass is 35.5. The third kappa shape index (κ3) is 4.76. The van der Waals surface area contributed by atoms with E-state index in [1.54, 1.807) is 29.0 Å². The Morgan fingerprint density at radius 2 is 1.95 bits per heavy atom. The van der Waals surface area contributed by atoms with E-state index in [2.05, 4.69) is 9.97 Å². The fourth-order valence-electron chi connectivity index (χ4n) is 4.62. The number of methoxy groups -OCH3 is 1. The zero-order valence-electron chi connectivity index (χ0n) is 20.6. The second kappa shape index (κ2) is 10.1. The number of hydrogen-bond donors (Lipinski definition) is 0. The Hall–Kier alpha value is -3.56. The van der Waals surface area contributed by atoms with E-state index in [-0.39, 0.29) is 30.9 Å². The Bertz CT molecular complexity index is 1620. The minimum atomic E-state index is -0.445. The third-order valence-electron chi connectivity index (χ3n) is 6.41. The van der Waals surface area contributed by atoms with Crippen molar-refractivity contribution < 1.29 is 19.1 Å². The van der Waals surface area contributed by atoms with Crippen molar-refractivity contribution in [2.75, 3.05) is 13.7 Å². The van der Waals surface area contributed by atoms with Gasteiger partial charge in [0, 0.05) is 45.6 Å². The average Bonchev–Trinajstić information content (AvgIpc) is 3.30. The molecule has 5 rings (SSSR count). The quantitative estimate of drug-likeness (QED) is 0.328. The molecule has 8 nitrogen and oxygen atoms in total. The molecule has 0 fully saturated rings. The van der Waals surface area contributed by atoms with Gasteiger partial charge in [0.2, 0.25) is 0 Å². The normalized spacial score (nSPS) is 13.0. The molecule has 0 saturated heterocycles. The van der Waals surface area contributed by atoms with Gasteiger partial charge < -0.3 is 9.47 Å². The molecular weight excluding hydrogens is 514 g/mol. The van der Waals surface area contributed by atoms with Crippen LogP contribution >= 0.6 is 22.9 Å². The average molecular weight is 538 g/mol. The molecule has 190 valence electrons. The van der Waals surface area contributed by atoms with Crippen LogP contribution in [0, 0.1) is 13.8 Å². The van der Waals surface area contributed by atoms with Crippen molar-refractivity contribution in [3.8, 4) is 16.9 Å². The van der Waals surface area contributed by atoms with E-state index < -0.39 is 5.97 Å². The van der Waals surface area contributed by atoms with E-state index in [1.165, 1.54) is 18.4 Å². The van der Waals surface area contributed by atoms with Crippen molar-refractivity contribution in [2.24, 2.45) is 0 Å². The lowest BCUT2D eigenvalue weighted by molar-refractivity contribution is -0.118. The van der Waals surface area contributed by atoms with E-state index in [1.807, 2.05) is 19.1 Å². The van der Waals surface area contributed by atoms with Gasteiger partial charge in [0.15, 0.2) is 0 Å². The van der Waals surface area contributed by atoms with Crippen molar-refractivity contribution in [1.82, 2.24) is 14.5 Å². The zero-order valence-corrected chi connectivity index (χ0v) is 22.2. The first-order valence-electron chi connectivity index (χ1n) is 11.8. The molecule has 1 aromatic carbocycles. The Kier molecular flexibility index (Phi) is 6.83. The van der Waals surface area contributed by atoms with Crippen LogP contribution in [-0.4, -0.2) is 40.0 Å². The molecule has 10 heteroatoms. The van der Waals surface area contributed by atoms with E-state index >= 15 is 0 Å². The number of pyridine rings is 1. The van der Waals surface area contributed by atoms with Crippen LogP contribution < -0.4 is 10.3 Å². The minimum Gasteiger partial charge on any atom is -0.491 e. The highest BCUT2D eigenvalue weighted by molar-refractivity contribution is 7.18. The Labute approximate surface area is 221 Å². The Morgan fingerprint density at radius 1 is 1.14 bits per heavy atom. The fourth-order valence-corrected chi connectivity index (χ4v) is 5.80. The van der Waals surface area contributed by atoms with Crippen molar-refractivity contribution in [3.05, 3.63) is 73.4 Å². The molecule has 3 aromatic heterocycles. The van der Waals surface area contributed by atoms with Gasteiger partial charge in [0.05, 0.1) is 35.1 Å². The van der Waals surface area contributed by atoms with Crippen molar-refractivity contribution in [3.63, 3.8) is 0 Å². The number of thiophene rings is 1. The summed E-state index contributed by atoms with van der Waals surface area (Å²) >= 11 is 7.76. The number of fused-ring (bicyclic) bond motifs is 2. The largest absolute Gasteiger partial charge is 0.491 e. The molecule has 3 heterocycles. The highest BCUT2D eigenvalue weighted by Gasteiger charge is 2.23. The van der Waals surface area contributed by atoms with Crippen molar-refractivity contribution in [1.29, 1.82) is 0 Å². The number of Topliss-reactive ketones (excluding diaryl/α,β-unsaturated/α-hetero) is 1. The fraction of sp³-hybridized carbons (Fsp3) is 0.296. The van der Waals surface area contributed by atoms with Crippen LogP contribution in [-0.2, 0) is 28.9 Å². The van der Waals surface area contributed by atoms with Crippen LogP contribution in [0.5, 0.6) is 5.75 Å². The molecule has 0 aliphatic heterocycles. The molecule has 0 amide bonds. The first-order chi connectivity index (χ1) is 17.8. The summed E-state index contributed by atoms with van der Waals surface area (Å²) in [5, 5.41) is 2.27. The number of carbonyl (C=O) groups excluding carboxylic acids is 2. The van der Waals surface area contributed by atoms with Gasteiger partial charge in [-0.2, -0.15) is 0 Å². The summed E-state index contributed by atoms with van der Waals surface area (Å²) in [4.78, 5) is 46.4. The second-order valence-corrected chi connectivity index (χ2v) is 10.2. The zero-order chi connectivity index (χ0) is 26.3. The summed E-state index contributed by atoms with van der Waals surface area (Å²) in [6.45, 7) is 4.13. The molecule has 0 atom stereocenters. The van der Waals surface area contributed by atoms with Gasteiger partial charge in [0.1, 0.15) is 24.0 Å². The van der Waals surface area contributed by atoms with E-state index in [4.69, 9.17) is 21.1 Å². The summed E-state index contributed by atoms with van der Waals surface area (Å²) in [5.74, 6) is 0.792. The van der Waals surface area contributed by atoms with Gasteiger partial charge in [-0.25, -0.2) is 9.78 Å². The monoisotopic (exact) mass is 537 g/mol. The summed E-state index contributed by atoms with van der Waals surface area (Å²) < 4.78 is 13.5. The molecule has 1 aliphatic carbocycles. The number of ether oxygens (including phenoxy) is 2. The molecule has 4 aromatic rings. The van der Waals surface area contributed by atoms with Crippen LogP contribution in [0.1, 0.15) is 39.6 Å². The molecule has 1 aliphatic rings. The van der Waals surface area contributed by atoms with Gasteiger partial charge in [0.25, 0.3) is 5.56 Å². The predicted octanol–water partition coefficient (Wildman–Crippen LogP) is 4.71.